The second-order valence-corrected chi connectivity index (χ2v) is 17.4. The Morgan fingerprint density at radius 2 is 0.983 bits per heavy atom. The van der Waals surface area contributed by atoms with Gasteiger partial charge in [-0.05, 0) is 77.0 Å². The van der Waals surface area contributed by atoms with Crippen LogP contribution in [-0.4, -0.2) is 47.8 Å². The first-order chi connectivity index (χ1) is 29.4. The van der Waals surface area contributed by atoms with Gasteiger partial charge in [0.25, 0.3) is 0 Å². The number of allylic oxidation sites excluding steroid dienone is 13. The monoisotopic (exact) mass is 859 g/mol. The zero-order valence-corrected chi connectivity index (χ0v) is 39.3. The number of phosphoric acid groups is 1. The second kappa shape index (κ2) is 46.2. The zero-order chi connectivity index (χ0) is 43.9. The Labute approximate surface area is 369 Å². The van der Waals surface area contributed by atoms with Gasteiger partial charge < -0.3 is 21.1 Å². The first-order valence-electron chi connectivity index (χ1n) is 24.2. The molecule has 0 spiro atoms. The third-order valence-electron chi connectivity index (χ3n) is 10.2. The molecule has 0 aliphatic rings. The van der Waals surface area contributed by atoms with Crippen LogP contribution in [0.15, 0.2) is 85.1 Å². The Morgan fingerprint density at radius 3 is 1.48 bits per heavy atom. The Bertz CT molecular complexity index is 1210. The van der Waals surface area contributed by atoms with Crippen molar-refractivity contribution in [3.63, 3.8) is 0 Å². The van der Waals surface area contributed by atoms with E-state index in [0.29, 0.717) is 6.42 Å². The summed E-state index contributed by atoms with van der Waals surface area (Å²) in [4.78, 5) is 22.8. The number of nitrogens with two attached hydrogens (primary N) is 1. The molecule has 3 unspecified atom stereocenters. The minimum absolute atomic E-state index is 0.0678. The van der Waals surface area contributed by atoms with Crippen molar-refractivity contribution in [2.75, 3.05) is 19.8 Å². The molecule has 0 aliphatic carbocycles. The number of nitrogens with one attached hydrogen (secondary N) is 1. The standard InChI is InChI=1S/C51H91N2O6P/c1-3-5-7-9-11-13-15-17-19-21-23-24-25-26-27-29-31-33-35-37-39-41-43-45-51(55)53-49(48-59-60(56,57)58-47-46-52)50(54)44-42-40-38-36-34-32-30-28-22-20-18-16-14-12-10-8-6-4-2/h5,7,11,13,17,19,23-24,26-27,34,36,42,44,49-50,54H,3-4,6,8-10,12,14-16,18,20-22,25,28-33,35,37-41,43,45-48,52H2,1-2H3,(H,53,55)(H,56,57)/b7-5-,13-11-,19-17-,24-23-,27-26-,36-34+,44-42+. The largest absolute Gasteiger partial charge is 0.472 e. The van der Waals surface area contributed by atoms with Gasteiger partial charge in [-0.15, -0.1) is 0 Å². The number of carbonyl (C=O) groups is 1. The molecule has 0 saturated heterocycles. The summed E-state index contributed by atoms with van der Waals surface area (Å²) in [6, 6.07) is -0.889. The van der Waals surface area contributed by atoms with Crippen LogP contribution in [0.25, 0.3) is 0 Å². The number of hydrogen-bond donors (Lipinski definition) is 4. The van der Waals surface area contributed by atoms with Gasteiger partial charge in [0.15, 0.2) is 0 Å². The number of carbonyl (C=O) groups excluding carboxylic acids is 1. The lowest BCUT2D eigenvalue weighted by molar-refractivity contribution is -0.123. The molecule has 0 aromatic rings. The van der Waals surface area contributed by atoms with Crippen molar-refractivity contribution >= 4 is 13.7 Å². The van der Waals surface area contributed by atoms with Crippen LogP contribution < -0.4 is 11.1 Å². The first kappa shape index (κ1) is 57.7. The molecule has 0 rings (SSSR count). The molecular formula is C51H91N2O6P. The van der Waals surface area contributed by atoms with E-state index in [9.17, 15) is 19.4 Å². The second-order valence-electron chi connectivity index (χ2n) is 15.9. The van der Waals surface area contributed by atoms with E-state index >= 15 is 0 Å². The van der Waals surface area contributed by atoms with Gasteiger partial charge in [-0.1, -0.05) is 202 Å². The van der Waals surface area contributed by atoms with Gasteiger partial charge in [-0.25, -0.2) is 4.57 Å². The minimum Gasteiger partial charge on any atom is -0.387 e. The Kier molecular flexibility index (Phi) is 44.4. The molecule has 0 bridgehead atoms. The number of aliphatic hydroxyl groups is 1. The van der Waals surface area contributed by atoms with Crippen molar-refractivity contribution in [1.82, 2.24) is 5.32 Å². The fourth-order valence-corrected chi connectivity index (χ4v) is 7.35. The predicted molar refractivity (Wildman–Crippen MR) is 258 cm³/mol. The molecule has 0 heterocycles. The summed E-state index contributed by atoms with van der Waals surface area (Å²) in [5.41, 5.74) is 5.38. The lowest BCUT2D eigenvalue weighted by Gasteiger charge is -2.23. The SMILES string of the molecule is CC/C=C\C/C=C\C/C=C\C/C=C\C/C=C\CCCCCCCCCC(=O)NC(COP(=O)(O)OCCN)C(O)/C=C/CC/C=C/CCCCCCCCCCCCCC. The lowest BCUT2D eigenvalue weighted by atomic mass is 10.0. The van der Waals surface area contributed by atoms with Gasteiger partial charge in [-0.3, -0.25) is 13.8 Å². The molecule has 3 atom stereocenters. The van der Waals surface area contributed by atoms with Gasteiger partial charge >= 0.3 is 7.82 Å². The molecule has 0 aromatic carbocycles. The third kappa shape index (κ3) is 43.8. The van der Waals surface area contributed by atoms with Crippen molar-refractivity contribution in [1.29, 1.82) is 0 Å². The summed E-state index contributed by atoms with van der Waals surface area (Å²) >= 11 is 0. The van der Waals surface area contributed by atoms with Crippen molar-refractivity contribution in [3.05, 3.63) is 85.1 Å². The summed E-state index contributed by atoms with van der Waals surface area (Å²) < 4.78 is 22.2. The maximum absolute atomic E-state index is 12.8. The van der Waals surface area contributed by atoms with Crippen LogP contribution >= 0.6 is 7.82 Å². The molecule has 0 radical (unpaired) electrons. The maximum atomic E-state index is 12.8. The normalized spacial score (nSPS) is 14.7. The maximum Gasteiger partial charge on any atom is 0.472 e. The van der Waals surface area contributed by atoms with Crippen LogP contribution in [0.4, 0.5) is 0 Å². The number of hydrogen-bond acceptors (Lipinski definition) is 6. The molecule has 346 valence electrons. The molecule has 1 amide bonds. The molecule has 0 aliphatic heterocycles. The van der Waals surface area contributed by atoms with Gasteiger partial charge in [-0.2, -0.15) is 0 Å². The summed E-state index contributed by atoms with van der Waals surface area (Å²) in [5, 5.41) is 13.7. The molecule has 60 heavy (non-hydrogen) atoms. The first-order valence-corrected chi connectivity index (χ1v) is 25.7. The molecular weight excluding hydrogens is 768 g/mol. The summed E-state index contributed by atoms with van der Waals surface area (Å²) in [6.45, 7) is 3.99. The van der Waals surface area contributed by atoms with Crippen LogP contribution in [-0.2, 0) is 18.4 Å². The number of aliphatic hydroxyl groups excluding tert-OH is 1. The highest BCUT2D eigenvalue weighted by Crippen LogP contribution is 2.43. The minimum atomic E-state index is -4.36. The summed E-state index contributed by atoms with van der Waals surface area (Å²) in [6.07, 6.45) is 62.1. The molecule has 0 saturated carbocycles. The topological polar surface area (TPSA) is 131 Å². The zero-order valence-electron chi connectivity index (χ0n) is 38.4. The van der Waals surface area contributed by atoms with E-state index < -0.39 is 20.0 Å². The van der Waals surface area contributed by atoms with Crippen LogP contribution in [0.1, 0.15) is 200 Å². The lowest BCUT2D eigenvalue weighted by Crippen LogP contribution is -2.45. The van der Waals surface area contributed by atoms with E-state index in [-0.39, 0.29) is 25.7 Å². The molecule has 8 nitrogen and oxygen atoms in total. The van der Waals surface area contributed by atoms with Crippen molar-refractivity contribution in [2.45, 2.75) is 212 Å². The predicted octanol–water partition coefficient (Wildman–Crippen LogP) is 14.2. The van der Waals surface area contributed by atoms with Gasteiger partial charge in [0, 0.05) is 13.0 Å². The molecule has 5 N–H and O–H groups in total. The van der Waals surface area contributed by atoms with Crippen molar-refractivity contribution in [3.8, 4) is 0 Å². The summed E-state index contributed by atoms with van der Waals surface area (Å²) in [5.74, 6) is -0.218. The van der Waals surface area contributed by atoms with E-state index in [1.54, 1.807) is 6.08 Å². The van der Waals surface area contributed by atoms with E-state index in [4.69, 9.17) is 14.8 Å². The van der Waals surface area contributed by atoms with Crippen molar-refractivity contribution < 1.29 is 28.4 Å². The Morgan fingerprint density at radius 1 is 0.567 bits per heavy atom. The highest BCUT2D eigenvalue weighted by Gasteiger charge is 2.26. The van der Waals surface area contributed by atoms with Gasteiger partial charge in [0.1, 0.15) is 0 Å². The highest BCUT2D eigenvalue weighted by atomic mass is 31.2. The molecule has 0 aromatic heterocycles. The van der Waals surface area contributed by atoms with Crippen LogP contribution in [0, 0.1) is 0 Å². The number of unbranched alkanes of at least 4 members (excludes halogenated alkanes) is 20. The number of rotatable bonds is 44. The fourth-order valence-electron chi connectivity index (χ4n) is 6.59. The average Bonchev–Trinajstić information content (AvgIpc) is 3.24. The Balaban J connectivity index is 4.23. The third-order valence-corrected chi connectivity index (χ3v) is 11.2. The van der Waals surface area contributed by atoms with E-state index in [1.165, 1.54) is 96.3 Å². The van der Waals surface area contributed by atoms with E-state index in [2.05, 4.69) is 92.1 Å². The van der Waals surface area contributed by atoms with E-state index in [0.717, 1.165) is 83.5 Å². The van der Waals surface area contributed by atoms with Crippen LogP contribution in [0.5, 0.6) is 0 Å². The van der Waals surface area contributed by atoms with Gasteiger partial charge in [0.2, 0.25) is 5.91 Å². The van der Waals surface area contributed by atoms with Crippen LogP contribution in [0.2, 0.25) is 0 Å². The number of phosphoric ester groups is 1. The van der Waals surface area contributed by atoms with Crippen molar-refractivity contribution in [2.24, 2.45) is 5.73 Å². The highest BCUT2D eigenvalue weighted by molar-refractivity contribution is 7.47. The fraction of sp³-hybridized carbons (Fsp3) is 0.706. The molecule has 9 heteroatoms. The average molecular weight is 859 g/mol. The van der Waals surface area contributed by atoms with E-state index in [1.807, 2.05) is 6.08 Å². The van der Waals surface area contributed by atoms with Crippen LogP contribution in [0.3, 0.4) is 0 Å². The quantitative estimate of drug-likeness (QED) is 0.0273. The Hall–Kier alpha value is -2.32. The smallest absolute Gasteiger partial charge is 0.387 e. The summed E-state index contributed by atoms with van der Waals surface area (Å²) in [7, 11) is -4.36. The van der Waals surface area contributed by atoms with Gasteiger partial charge in [0.05, 0.1) is 25.4 Å². The molecule has 0 fully saturated rings. The number of amides is 1.